The van der Waals surface area contributed by atoms with Crippen LogP contribution in [0.15, 0.2) is 48.5 Å². The second-order valence-electron chi connectivity index (χ2n) is 6.10. The zero-order valence-electron chi connectivity index (χ0n) is 12.6. The van der Waals surface area contributed by atoms with Gasteiger partial charge in [-0.2, -0.15) is 0 Å². The molecule has 0 aliphatic rings. The van der Waals surface area contributed by atoms with Crippen molar-refractivity contribution in [1.29, 1.82) is 0 Å². The summed E-state index contributed by atoms with van der Waals surface area (Å²) in [6, 6.07) is 15.0. The first kappa shape index (κ1) is 15.0. The number of nitro benzene ring substituents is 1. The van der Waals surface area contributed by atoms with Gasteiger partial charge in [0.1, 0.15) is 0 Å². The average molecular weight is 284 g/mol. The molecule has 0 atom stereocenters. The Balaban J connectivity index is 1.98. The number of benzene rings is 2. The van der Waals surface area contributed by atoms with E-state index in [9.17, 15) is 10.1 Å². The van der Waals surface area contributed by atoms with Gasteiger partial charge >= 0.3 is 0 Å². The molecule has 4 heteroatoms. The third-order valence-corrected chi connectivity index (χ3v) is 3.39. The number of rotatable bonds is 4. The van der Waals surface area contributed by atoms with Gasteiger partial charge in [-0.25, -0.2) is 0 Å². The van der Waals surface area contributed by atoms with E-state index < -0.39 is 4.92 Å². The highest BCUT2D eigenvalue weighted by Gasteiger charge is 2.12. The lowest BCUT2D eigenvalue weighted by atomic mass is 9.87. The molecule has 0 unspecified atom stereocenters. The minimum Gasteiger partial charge on any atom is -0.381 e. The Morgan fingerprint density at radius 1 is 1.00 bits per heavy atom. The molecular formula is C17H20N2O2. The highest BCUT2D eigenvalue weighted by Crippen LogP contribution is 2.22. The van der Waals surface area contributed by atoms with Crippen molar-refractivity contribution in [3.8, 4) is 0 Å². The zero-order chi connectivity index (χ0) is 15.5. The molecule has 0 saturated carbocycles. The van der Waals surface area contributed by atoms with Gasteiger partial charge in [0, 0.05) is 24.4 Å². The molecule has 0 heterocycles. The third-order valence-electron chi connectivity index (χ3n) is 3.39. The minimum absolute atomic E-state index is 0.107. The SMILES string of the molecule is CC(C)(C)c1ccc(CNc2ccc([N+](=O)[O-])cc2)cc1. The molecular weight excluding hydrogens is 264 g/mol. The number of nitrogens with zero attached hydrogens (tertiary/aromatic N) is 1. The second kappa shape index (κ2) is 5.95. The van der Waals surface area contributed by atoms with E-state index in [-0.39, 0.29) is 11.1 Å². The number of non-ortho nitro benzene ring substituents is 1. The highest BCUT2D eigenvalue weighted by atomic mass is 16.6. The van der Waals surface area contributed by atoms with Crippen LogP contribution in [0.1, 0.15) is 31.9 Å². The van der Waals surface area contributed by atoms with Gasteiger partial charge in [0.15, 0.2) is 0 Å². The van der Waals surface area contributed by atoms with Crippen LogP contribution in [0.3, 0.4) is 0 Å². The summed E-state index contributed by atoms with van der Waals surface area (Å²) in [6.07, 6.45) is 0. The second-order valence-corrected chi connectivity index (χ2v) is 6.10. The summed E-state index contributed by atoms with van der Waals surface area (Å²) in [7, 11) is 0. The van der Waals surface area contributed by atoms with Crippen molar-refractivity contribution in [2.45, 2.75) is 32.7 Å². The molecule has 2 rings (SSSR count). The first-order chi connectivity index (χ1) is 9.86. The van der Waals surface area contributed by atoms with E-state index in [1.54, 1.807) is 12.1 Å². The molecule has 0 fully saturated rings. The summed E-state index contributed by atoms with van der Waals surface area (Å²) >= 11 is 0. The van der Waals surface area contributed by atoms with Crippen molar-refractivity contribution < 1.29 is 4.92 Å². The number of hydrogen-bond donors (Lipinski definition) is 1. The predicted octanol–water partition coefficient (Wildman–Crippen LogP) is 4.50. The van der Waals surface area contributed by atoms with E-state index in [0.29, 0.717) is 6.54 Å². The summed E-state index contributed by atoms with van der Waals surface area (Å²) in [4.78, 5) is 10.2. The van der Waals surface area contributed by atoms with E-state index in [2.05, 4.69) is 50.4 Å². The quantitative estimate of drug-likeness (QED) is 0.664. The molecule has 0 amide bonds. The monoisotopic (exact) mass is 284 g/mol. The molecule has 0 radical (unpaired) electrons. The molecule has 0 aliphatic carbocycles. The van der Waals surface area contributed by atoms with Gasteiger partial charge in [-0.05, 0) is 28.7 Å². The smallest absolute Gasteiger partial charge is 0.269 e. The topological polar surface area (TPSA) is 55.2 Å². The van der Waals surface area contributed by atoms with Gasteiger partial charge < -0.3 is 5.32 Å². The van der Waals surface area contributed by atoms with E-state index in [1.165, 1.54) is 23.3 Å². The van der Waals surface area contributed by atoms with Crippen molar-refractivity contribution >= 4 is 11.4 Å². The summed E-state index contributed by atoms with van der Waals surface area (Å²) < 4.78 is 0. The highest BCUT2D eigenvalue weighted by molar-refractivity contribution is 5.48. The molecule has 1 N–H and O–H groups in total. The minimum atomic E-state index is -0.394. The van der Waals surface area contributed by atoms with Crippen LogP contribution < -0.4 is 5.32 Å². The number of hydrogen-bond acceptors (Lipinski definition) is 3. The number of anilines is 1. The maximum Gasteiger partial charge on any atom is 0.269 e. The lowest BCUT2D eigenvalue weighted by molar-refractivity contribution is -0.384. The van der Waals surface area contributed by atoms with Crippen LogP contribution >= 0.6 is 0 Å². The van der Waals surface area contributed by atoms with E-state index in [4.69, 9.17) is 0 Å². The largest absolute Gasteiger partial charge is 0.381 e. The molecule has 2 aromatic carbocycles. The van der Waals surface area contributed by atoms with Gasteiger partial charge in [-0.1, -0.05) is 45.0 Å². The molecule has 0 spiro atoms. The van der Waals surface area contributed by atoms with Crippen LogP contribution in [0.5, 0.6) is 0 Å². The molecule has 0 bridgehead atoms. The first-order valence-corrected chi connectivity index (χ1v) is 6.94. The van der Waals surface area contributed by atoms with Gasteiger partial charge in [-0.3, -0.25) is 10.1 Å². The number of nitro groups is 1. The number of nitrogens with one attached hydrogen (secondary N) is 1. The van der Waals surface area contributed by atoms with Gasteiger partial charge in [0.25, 0.3) is 5.69 Å². The first-order valence-electron chi connectivity index (χ1n) is 6.94. The van der Waals surface area contributed by atoms with Crippen molar-refractivity contribution in [2.75, 3.05) is 5.32 Å². The summed E-state index contributed by atoms with van der Waals surface area (Å²) in [5.41, 5.74) is 3.63. The lowest BCUT2D eigenvalue weighted by Gasteiger charge is -2.19. The standard InChI is InChI=1S/C17H20N2O2/c1-17(2,3)14-6-4-13(5-7-14)12-18-15-8-10-16(11-9-15)19(20)21/h4-11,18H,12H2,1-3H3. The van der Waals surface area contributed by atoms with E-state index in [0.717, 1.165) is 5.69 Å². The normalized spacial score (nSPS) is 11.2. The zero-order valence-corrected chi connectivity index (χ0v) is 12.6. The molecule has 110 valence electrons. The van der Waals surface area contributed by atoms with Crippen molar-refractivity contribution in [3.05, 3.63) is 69.8 Å². The summed E-state index contributed by atoms with van der Waals surface area (Å²) in [5, 5.41) is 13.9. The third kappa shape index (κ3) is 4.05. The van der Waals surface area contributed by atoms with Crippen LogP contribution in [0.2, 0.25) is 0 Å². The van der Waals surface area contributed by atoms with Gasteiger partial charge in [-0.15, -0.1) is 0 Å². The van der Waals surface area contributed by atoms with Crippen LogP contribution in [0.4, 0.5) is 11.4 Å². The lowest BCUT2D eigenvalue weighted by Crippen LogP contribution is -2.11. The van der Waals surface area contributed by atoms with Gasteiger partial charge in [0.05, 0.1) is 4.92 Å². The maximum atomic E-state index is 10.6. The molecule has 0 saturated heterocycles. The Morgan fingerprint density at radius 2 is 1.57 bits per heavy atom. The van der Waals surface area contributed by atoms with Crippen LogP contribution in [0.25, 0.3) is 0 Å². The average Bonchev–Trinajstić information content (AvgIpc) is 2.45. The Labute approximate surface area is 125 Å². The van der Waals surface area contributed by atoms with Crippen LogP contribution in [-0.4, -0.2) is 4.92 Å². The molecule has 2 aromatic rings. The molecule has 0 aromatic heterocycles. The van der Waals surface area contributed by atoms with E-state index in [1.807, 2.05) is 0 Å². The van der Waals surface area contributed by atoms with Crippen molar-refractivity contribution in [1.82, 2.24) is 0 Å². The Kier molecular flexibility index (Phi) is 4.26. The summed E-state index contributed by atoms with van der Waals surface area (Å²) in [5.74, 6) is 0. The fraction of sp³-hybridized carbons (Fsp3) is 0.294. The van der Waals surface area contributed by atoms with E-state index >= 15 is 0 Å². The molecule has 21 heavy (non-hydrogen) atoms. The van der Waals surface area contributed by atoms with Crippen LogP contribution in [0, 0.1) is 10.1 Å². The molecule has 0 aliphatic heterocycles. The van der Waals surface area contributed by atoms with Crippen molar-refractivity contribution in [2.24, 2.45) is 0 Å². The Bertz CT molecular complexity index is 611. The fourth-order valence-corrected chi connectivity index (χ4v) is 2.03. The van der Waals surface area contributed by atoms with Crippen LogP contribution in [-0.2, 0) is 12.0 Å². The van der Waals surface area contributed by atoms with Gasteiger partial charge in [0.2, 0.25) is 0 Å². The fourth-order valence-electron chi connectivity index (χ4n) is 2.03. The predicted molar refractivity (Wildman–Crippen MR) is 85.6 cm³/mol. The maximum absolute atomic E-state index is 10.6. The molecule has 4 nitrogen and oxygen atoms in total. The summed E-state index contributed by atoms with van der Waals surface area (Å²) in [6.45, 7) is 7.27. The van der Waals surface area contributed by atoms with Crippen molar-refractivity contribution in [3.63, 3.8) is 0 Å². The Hall–Kier alpha value is -2.36. The Morgan fingerprint density at radius 3 is 2.05 bits per heavy atom.